The van der Waals surface area contributed by atoms with Crippen molar-refractivity contribution in [3.8, 4) is 0 Å². The second-order valence-electron chi connectivity index (χ2n) is 3.08. The highest BCUT2D eigenvalue weighted by molar-refractivity contribution is 5.91. The third-order valence-corrected chi connectivity index (χ3v) is 2.34. The van der Waals surface area contributed by atoms with Crippen LogP contribution in [0.15, 0.2) is 6.20 Å². The van der Waals surface area contributed by atoms with Gasteiger partial charge in [-0.05, 0) is 0 Å². The number of nitrogens with one attached hydrogen (secondary N) is 2. The van der Waals surface area contributed by atoms with Gasteiger partial charge in [0, 0.05) is 37.0 Å². The van der Waals surface area contributed by atoms with E-state index in [4.69, 9.17) is 0 Å². The number of carbonyl (C=O) groups is 1. The van der Waals surface area contributed by atoms with Crippen LogP contribution in [0.3, 0.4) is 0 Å². The second kappa shape index (κ2) is 3.22. The third-order valence-electron chi connectivity index (χ3n) is 2.34. The first-order chi connectivity index (χ1) is 6.33. The first-order valence-electron chi connectivity index (χ1n) is 4.31. The predicted octanol–water partition coefficient (Wildman–Crippen LogP) is 0.447. The van der Waals surface area contributed by atoms with Crippen LogP contribution >= 0.6 is 0 Å². The molecule has 1 aliphatic heterocycles. The molecular formula is C9H12N2O2. The van der Waals surface area contributed by atoms with Gasteiger partial charge in [0.05, 0.1) is 12.7 Å². The summed E-state index contributed by atoms with van der Waals surface area (Å²) in [6.45, 7) is 1.72. The van der Waals surface area contributed by atoms with Crippen molar-refractivity contribution in [1.82, 2.24) is 10.3 Å². The van der Waals surface area contributed by atoms with Gasteiger partial charge in [-0.3, -0.25) is 0 Å². The summed E-state index contributed by atoms with van der Waals surface area (Å²) in [5, 5.41) is 3.22. The summed E-state index contributed by atoms with van der Waals surface area (Å²) in [7, 11) is 1.40. The van der Waals surface area contributed by atoms with Crippen molar-refractivity contribution >= 4 is 5.97 Å². The largest absolute Gasteiger partial charge is 0.465 e. The molecule has 2 heterocycles. The lowest BCUT2D eigenvalue weighted by Gasteiger charge is -2.13. The van der Waals surface area contributed by atoms with Crippen LogP contribution in [0.1, 0.15) is 21.6 Å². The summed E-state index contributed by atoms with van der Waals surface area (Å²) in [4.78, 5) is 14.4. The molecular weight excluding hydrogens is 168 g/mol. The molecule has 4 heteroatoms. The maximum Gasteiger partial charge on any atom is 0.339 e. The van der Waals surface area contributed by atoms with Crippen molar-refractivity contribution in [1.29, 1.82) is 0 Å². The van der Waals surface area contributed by atoms with Crippen LogP contribution in [0.5, 0.6) is 0 Å². The molecule has 0 amide bonds. The predicted molar refractivity (Wildman–Crippen MR) is 47.5 cm³/mol. The van der Waals surface area contributed by atoms with Crippen molar-refractivity contribution in [3.63, 3.8) is 0 Å². The van der Waals surface area contributed by atoms with Crippen molar-refractivity contribution in [3.05, 3.63) is 23.0 Å². The standard InChI is InChI=1S/C9H12N2O2/c1-13-9(12)7-5-11-8-2-3-10-4-6(7)8/h5,10-11H,2-4H2,1H3. The number of carbonyl (C=O) groups excluding carboxylic acids is 1. The fourth-order valence-electron chi connectivity index (χ4n) is 1.64. The summed E-state index contributed by atoms with van der Waals surface area (Å²) < 4.78 is 4.67. The maximum atomic E-state index is 11.3. The summed E-state index contributed by atoms with van der Waals surface area (Å²) in [6.07, 6.45) is 2.68. The van der Waals surface area contributed by atoms with Crippen LogP contribution in [0, 0.1) is 0 Å². The van der Waals surface area contributed by atoms with Crippen LogP contribution in [0.4, 0.5) is 0 Å². The fraction of sp³-hybridized carbons (Fsp3) is 0.444. The average Bonchev–Trinajstić information content (AvgIpc) is 2.60. The Labute approximate surface area is 76.3 Å². The monoisotopic (exact) mass is 180 g/mol. The number of fused-ring (bicyclic) bond motifs is 1. The van der Waals surface area contributed by atoms with Crippen molar-refractivity contribution in [2.24, 2.45) is 0 Å². The number of aromatic nitrogens is 1. The van der Waals surface area contributed by atoms with Crippen LogP contribution < -0.4 is 5.32 Å². The molecule has 0 saturated carbocycles. The van der Waals surface area contributed by atoms with Crippen LogP contribution in [0.2, 0.25) is 0 Å². The molecule has 4 nitrogen and oxygen atoms in total. The van der Waals surface area contributed by atoms with E-state index in [1.54, 1.807) is 6.20 Å². The van der Waals surface area contributed by atoms with Gasteiger partial charge in [-0.25, -0.2) is 4.79 Å². The van der Waals surface area contributed by atoms with E-state index in [0.717, 1.165) is 30.8 Å². The van der Waals surface area contributed by atoms with E-state index in [2.05, 4.69) is 15.0 Å². The number of aromatic amines is 1. The Hall–Kier alpha value is -1.29. The van der Waals surface area contributed by atoms with Gasteiger partial charge in [0.2, 0.25) is 0 Å². The molecule has 0 aliphatic carbocycles. The summed E-state index contributed by atoms with van der Waals surface area (Å²) in [6, 6.07) is 0. The van der Waals surface area contributed by atoms with E-state index in [1.807, 2.05) is 0 Å². The number of ether oxygens (including phenoxy) is 1. The van der Waals surface area contributed by atoms with Crippen molar-refractivity contribution in [2.75, 3.05) is 13.7 Å². The van der Waals surface area contributed by atoms with Gasteiger partial charge in [0.25, 0.3) is 0 Å². The van der Waals surface area contributed by atoms with Gasteiger partial charge in [0.1, 0.15) is 0 Å². The lowest BCUT2D eigenvalue weighted by Crippen LogP contribution is -2.24. The molecule has 13 heavy (non-hydrogen) atoms. The molecule has 1 aromatic heterocycles. The van der Waals surface area contributed by atoms with Crippen molar-refractivity contribution < 1.29 is 9.53 Å². The minimum absolute atomic E-state index is 0.263. The molecule has 0 aromatic carbocycles. The zero-order valence-corrected chi connectivity index (χ0v) is 7.52. The second-order valence-corrected chi connectivity index (χ2v) is 3.08. The van der Waals surface area contributed by atoms with E-state index in [-0.39, 0.29) is 5.97 Å². The average molecular weight is 180 g/mol. The number of esters is 1. The lowest BCUT2D eigenvalue weighted by atomic mass is 10.1. The molecule has 0 fully saturated rings. The van der Waals surface area contributed by atoms with Crippen LogP contribution in [-0.2, 0) is 17.7 Å². The number of H-pyrrole nitrogens is 1. The Balaban J connectivity index is 2.36. The molecule has 0 radical (unpaired) electrons. The zero-order valence-electron chi connectivity index (χ0n) is 7.52. The topological polar surface area (TPSA) is 54.1 Å². The smallest absolute Gasteiger partial charge is 0.339 e. The molecule has 0 unspecified atom stereocenters. The van der Waals surface area contributed by atoms with Gasteiger partial charge < -0.3 is 15.0 Å². The van der Waals surface area contributed by atoms with Gasteiger partial charge in [0.15, 0.2) is 0 Å². The quantitative estimate of drug-likeness (QED) is 0.617. The first kappa shape index (κ1) is 8.31. The molecule has 1 aromatic rings. The molecule has 2 N–H and O–H groups in total. The zero-order chi connectivity index (χ0) is 9.26. The maximum absolute atomic E-state index is 11.3. The van der Waals surface area contributed by atoms with E-state index in [1.165, 1.54) is 7.11 Å². The first-order valence-corrected chi connectivity index (χ1v) is 4.31. The molecule has 70 valence electrons. The van der Waals surface area contributed by atoms with E-state index >= 15 is 0 Å². The van der Waals surface area contributed by atoms with Gasteiger partial charge >= 0.3 is 5.97 Å². The lowest BCUT2D eigenvalue weighted by molar-refractivity contribution is 0.0599. The Morgan fingerprint density at radius 1 is 1.62 bits per heavy atom. The molecule has 0 bridgehead atoms. The minimum atomic E-state index is -0.263. The Morgan fingerprint density at radius 2 is 2.46 bits per heavy atom. The summed E-state index contributed by atoms with van der Waals surface area (Å²) >= 11 is 0. The van der Waals surface area contributed by atoms with Gasteiger partial charge in [-0.2, -0.15) is 0 Å². The Kier molecular flexibility index (Phi) is 2.06. The molecule has 0 spiro atoms. The van der Waals surface area contributed by atoms with Gasteiger partial charge in [-0.15, -0.1) is 0 Å². The molecule has 0 atom stereocenters. The third kappa shape index (κ3) is 1.33. The SMILES string of the molecule is COC(=O)c1c[nH]c2c1CNCC2. The number of methoxy groups -OCH3 is 1. The highest BCUT2D eigenvalue weighted by Crippen LogP contribution is 2.18. The summed E-state index contributed by atoms with van der Waals surface area (Å²) in [5.74, 6) is -0.263. The van der Waals surface area contributed by atoms with Crippen LogP contribution in [0.25, 0.3) is 0 Å². The highest BCUT2D eigenvalue weighted by Gasteiger charge is 2.19. The Morgan fingerprint density at radius 3 is 3.23 bits per heavy atom. The van der Waals surface area contributed by atoms with E-state index in [9.17, 15) is 4.79 Å². The van der Waals surface area contributed by atoms with E-state index in [0.29, 0.717) is 5.56 Å². The van der Waals surface area contributed by atoms with Gasteiger partial charge in [-0.1, -0.05) is 0 Å². The van der Waals surface area contributed by atoms with Crippen LogP contribution in [-0.4, -0.2) is 24.6 Å². The number of hydrogen-bond acceptors (Lipinski definition) is 3. The molecule has 1 aliphatic rings. The number of hydrogen-bond donors (Lipinski definition) is 2. The summed E-state index contributed by atoms with van der Waals surface area (Å²) in [5.41, 5.74) is 2.86. The minimum Gasteiger partial charge on any atom is -0.465 e. The fourth-order valence-corrected chi connectivity index (χ4v) is 1.64. The van der Waals surface area contributed by atoms with E-state index < -0.39 is 0 Å². The molecule has 2 rings (SSSR count). The van der Waals surface area contributed by atoms with Crippen molar-refractivity contribution in [2.45, 2.75) is 13.0 Å². The molecule has 0 saturated heterocycles. The normalized spacial score (nSPS) is 15.2. The number of rotatable bonds is 1. The highest BCUT2D eigenvalue weighted by atomic mass is 16.5. The Bertz CT molecular complexity index is 330.